The van der Waals surface area contributed by atoms with Crippen LogP contribution >= 0.6 is 39.1 Å². The van der Waals surface area contributed by atoms with Crippen LogP contribution in [0, 0.1) is 5.92 Å². The minimum absolute atomic E-state index is 0.286. The summed E-state index contributed by atoms with van der Waals surface area (Å²) in [5, 5.41) is 3.10. The van der Waals surface area contributed by atoms with Crippen molar-refractivity contribution in [1.29, 1.82) is 0 Å². The van der Waals surface area contributed by atoms with Crippen LogP contribution in [0.1, 0.15) is 11.7 Å². The van der Waals surface area contributed by atoms with Crippen molar-refractivity contribution in [3.8, 4) is 0 Å². The van der Waals surface area contributed by atoms with Crippen LogP contribution in [0.2, 0.25) is 10.0 Å². The van der Waals surface area contributed by atoms with Crippen molar-refractivity contribution < 1.29 is 19.1 Å². The SMILES string of the molecule is O=C(Nc1cc(Cl)cc(Cl)c1)C1C(=O)OC(c2cccc(Br)c2)C1=O. The number of Topliss-reactive ketones (excluding diaryl/α,β-unsaturated/α-hetero) is 1. The second-order valence-electron chi connectivity index (χ2n) is 5.35. The van der Waals surface area contributed by atoms with Gasteiger partial charge in [0, 0.05) is 25.8 Å². The van der Waals surface area contributed by atoms with Crippen LogP contribution < -0.4 is 5.32 Å². The molecule has 2 unspecified atom stereocenters. The maximum absolute atomic E-state index is 12.5. The van der Waals surface area contributed by atoms with Crippen molar-refractivity contribution in [1.82, 2.24) is 0 Å². The second-order valence-corrected chi connectivity index (χ2v) is 7.14. The maximum atomic E-state index is 12.5. The zero-order valence-corrected chi connectivity index (χ0v) is 15.6. The number of hydrogen-bond acceptors (Lipinski definition) is 4. The lowest BCUT2D eigenvalue weighted by Gasteiger charge is -2.09. The number of rotatable bonds is 3. The molecular formula is C17H10BrCl2NO4. The summed E-state index contributed by atoms with van der Waals surface area (Å²) in [6.45, 7) is 0. The average Bonchev–Trinajstić information content (AvgIpc) is 2.81. The van der Waals surface area contributed by atoms with Crippen LogP contribution in [0.3, 0.4) is 0 Å². The van der Waals surface area contributed by atoms with Crippen molar-refractivity contribution >= 4 is 62.5 Å². The van der Waals surface area contributed by atoms with Crippen molar-refractivity contribution in [2.45, 2.75) is 6.10 Å². The molecule has 2 aromatic rings. The van der Waals surface area contributed by atoms with Gasteiger partial charge in [-0.25, -0.2) is 0 Å². The molecule has 0 spiro atoms. The third kappa shape index (κ3) is 3.86. The Labute approximate surface area is 161 Å². The van der Waals surface area contributed by atoms with E-state index in [0.29, 0.717) is 15.6 Å². The van der Waals surface area contributed by atoms with E-state index in [1.54, 1.807) is 24.3 Å². The largest absolute Gasteiger partial charge is 0.448 e. The Balaban J connectivity index is 1.81. The van der Waals surface area contributed by atoms with Crippen LogP contribution in [0.4, 0.5) is 5.69 Å². The third-order valence-electron chi connectivity index (χ3n) is 3.56. The number of nitrogens with one attached hydrogen (secondary N) is 1. The lowest BCUT2D eigenvalue weighted by molar-refractivity contribution is -0.146. The molecule has 2 aromatic carbocycles. The van der Waals surface area contributed by atoms with Crippen LogP contribution in [-0.4, -0.2) is 17.7 Å². The molecule has 2 atom stereocenters. The Morgan fingerprint density at radius 2 is 1.76 bits per heavy atom. The normalized spacial score (nSPS) is 19.6. The fraction of sp³-hybridized carbons (Fsp3) is 0.118. The number of esters is 1. The van der Waals surface area contributed by atoms with E-state index in [0.717, 1.165) is 4.47 Å². The maximum Gasteiger partial charge on any atom is 0.327 e. The fourth-order valence-corrected chi connectivity index (χ4v) is 3.43. The molecular weight excluding hydrogens is 433 g/mol. The standard InChI is InChI=1S/C17H10BrCl2NO4/c18-9-3-1-2-8(4-9)15-14(22)13(17(24)25-15)16(23)21-12-6-10(19)5-11(20)7-12/h1-7,13,15H,(H,21,23). The van der Waals surface area contributed by atoms with Crippen molar-refractivity contribution in [3.05, 3.63) is 62.5 Å². The van der Waals surface area contributed by atoms with Gasteiger partial charge in [0.25, 0.3) is 0 Å². The van der Waals surface area contributed by atoms with Gasteiger partial charge in [-0.2, -0.15) is 0 Å². The quantitative estimate of drug-likeness (QED) is 0.571. The summed E-state index contributed by atoms with van der Waals surface area (Å²) in [6.07, 6.45) is -1.11. The molecule has 0 aromatic heterocycles. The van der Waals surface area contributed by atoms with Gasteiger partial charge in [-0.1, -0.05) is 51.3 Å². The number of amides is 1. The Morgan fingerprint density at radius 3 is 2.40 bits per heavy atom. The number of benzene rings is 2. The van der Waals surface area contributed by atoms with Crippen LogP contribution in [-0.2, 0) is 19.1 Å². The van der Waals surface area contributed by atoms with Gasteiger partial charge >= 0.3 is 5.97 Å². The molecule has 1 N–H and O–H groups in total. The number of carbonyl (C=O) groups excluding carboxylic acids is 3. The molecule has 0 aliphatic carbocycles. The first-order valence-corrected chi connectivity index (χ1v) is 8.66. The van der Waals surface area contributed by atoms with E-state index in [2.05, 4.69) is 21.2 Å². The van der Waals surface area contributed by atoms with E-state index in [4.69, 9.17) is 27.9 Å². The van der Waals surface area contributed by atoms with Gasteiger partial charge in [-0.15, -0.1) is 0 Å². The number of ether oxygens (including phenoxy) is 1. The van der Waals surface area contributed by atoms with Crippen LogP contribution in [0.25, 0.3) is 0 Å². The number of ketones is 1. The van der Waals surface area contributed by atoms with Gasteiger partial charge in [0.05, 0.1) is 0 Å². The fourth-order valence-electron chi connectivity index (χ4n) is 2.49. The number of cyclic esters (lactones) is 1. The van der Waals surface area contributed by atoms with E-state index in [9.17, 15) is 14.4 Å². The van der Waals surface area contributed by atoms with Crippen molar-refractivity contribution in [2.75, 3.05) is 5.32 Å². The lowest BCUT2D eigenvalue weighted by Crippen LogP contribution is -2.31. The van der Waals surface area contributed by atoms with Crippen molar-refractivity contribution in [3.63, 3.8) is 0 Å². The van der Waals surface area contributed by atoms with Gasteiger partial charge in [0.15, 0.2) is 12.0 Å². The summed E-state index contributed by atoms with van der Waals surface area (Å²) < 4.78 is 5.84. The number of hydrogen-bond donors (Lipinski definition) is 1. The highest BCUT2D eigenvalue weighted by Gasteiger charge is 2.48. The summed E-state index contributed by atoms with van der Waals surface area (Å²) in [6, 6.07) is 11.2. The predicted molar refractivity (Wildman–Crippen MR) is 96.6 cm³/mol. The summed E-state index contributed by atoms with van der Waals surface area (Å²) in [4.78, 5) is 36.9. The van der Waals surface area contributed by atoms with E-state index < -0.39 is 29.7 Å². The molecule has 128 valence electrons. The van der Waals surface area contributed by atoms with Crippen LogP contribution in [0.15, 0.2) is 46.9 Å². The Morgan fingerprint density at radius 1 is 1.08 bits per heavy atom. The van der Waals surface area contributed by atoms with Gasteiger partial charge < -0.3 is 10.1 Å². The van der Waals surface area contributed by atoms with E-state index in [1.807, 2.05) is 0 Å². The van der Waals surface area contributed by atoms with E-state index in [-0.39, 0.29) is 5.69 Å². The average molecular weight is 443 g/mol. The molecule has 1 aliphatic rings. The predicted octanol–water partition coefficient (Wildman–Crippen LogP) is 4.18. The van der Waals surface area contributed by atoms with Crippen LogP contribution in [0.5, 0.6) is 0 Å². The highest BCUT2D eigenvalue weighted by Crippen LogP contribution is 2.32. The van der Waals surface area contributed by atoms with E-state index in [1.165, 1.54) is 18.2 Å². The van der Waals surface area contributed by atoms with Gasteiger partial charge in [0.2, 0.25) is 11.7 Å². The molecule has 1 fully saturated rings. The molecule has 0 radical (unpaired) electrons. The van der Waals surface area contributed by atoms with Crippen molar-refractivity contribution in [2.24, 2.45) is 5.92 Å². The lowest BCUT2D eigenvalue weighted by atomic mass is 9.98. The summed E-state index contributed by atoms with van der Waals surface area (Å²) in [5.74, 6) is -3.83. The monoisotopic (exact) mass is 441 g/mol. The first-order valence-electron chi connectivity index (χ1n) is 7.12. The third-order valence-corrected chi connectivity index (χ3v) is 4.49. The molecule has 0 saturated carbocycles. The van der Waals surface area contributed by atoms with Gasteiger partial charge in [-0.3, -0.25) is 14.4 Å². The number of halogens is 3. The Bertz CT molecular complexity index is 866. The topological polar surface area (TPSA) is 72.5 Å². The second kappa shape index (κ2) is 7.15. The molecule has 5 nitrogen and oxygen atoms in total. The van der Waals surface area contributed by atoms with Gasteiger partial charge in [-0.05, 0) is 30.3 Å². The first kappa shape index (κ1) is 17.9. The summed E-state index contributed by atoms with van der Waals surface area (Å²) in [7, 11) is 0. The smallest absolute Gasteiger partial charge is 0.327 e. The zero-order chi connectivity index (χ0) is 18.1. The van der Waals surface area contributed by atoms with Gasteiger partial charge in [0.1, 0.15) is 0 Å². The summed E-state index contributed by atoms with van der Waals surface area (Å²) in [5.41, 5.74) is 0.780. The molecule has 1 heterocycles. The minimum atomic E-state index is -1.54. The molecule has 1 amide bonds. The molecule has 1 aliphatic heterocycles. The molecule has 3 rings (SSSR count). The number of anilines is 1. The van der Waals surface area contributed by atoms with E-state index >= 15 is 0 Å². The Kier molecular flexibility index (Phi) is 5.13. The highest BCUT2D eigenvalue weighted by molar-refractivity contribution is 9.10. The number of carbonyl (C=O) groups is 3. The molecule has 0 bridgehead atoms. The zero-order valence-electron chi connectivity index (χ0n) is 12.5. The Hall–Kier alpha value is -1.89. The first-order chi connectivity index (χ1) is 11.8. The minimum Gasteiger partial charge on any atom is -0.448 e. The molecule has 8 heteroatoms. The molecule has 25 heavy (non-hydrogen) atoms. The summed E-state index contributed by atoms with van der Waals surface area (Å²) >= 11 is 15.0. The highest BCUT2D eigenvalue weighted by atomic mass is 79.9. The molecule has 1 saturated heterocycles.